The molecule has 0 fully saturated rings. The summed E-state index contributed by atoms with van der Waals surface area (Å²) in [6, 6.07) is 3.73. The van der Waals surface area contributed by atoms with Crippen molar-refractivity contribution in [2.75, 3.05) is 0 Å². The van der Waals surface area contributed by atoms with E-state index in [1.54, 1.807) is 0 Å². The zero-order valence-corrected chi connectivity index (χ0v) is 3.92. The number of hydrogen-bond donors (Lipinski definition) is 1. The van der Waals surface area contributed by atoms with E-state index >= 15 is 0 Å². The third-order valence-electron chi connectivity index (χ3n) is 0.679. The highest BCUT2D eigenvalue weighted by atomic mass is 16.4. The highest BCUT2D eigenvalue weighted by molar-refractivity contribution is 5.84. The van der Waals surface area contributed by atoms with E-state index in [2.05, 4.69) is 10.5 Å². The van der Waals surface area contributed by atoms with Gasteiger partial charge in [-0.3, -0.25) is 0 Å². The van der Waals surface area contributed by atoms with E-state index in [0.717, 1.165) is 0 Å². The normalized spacial score (nSPS) is 9.00. The molecular weight excluding hydrogens is 108 g/mol. The van der Waals surface area contributed by atoms with Gasteiger partial charge in [-0.15, -0.1) is 0 Å². The Bertz CT molecular complexity index is 176. The molecule has 0 saturated carbocycles. The molecule has 0 atom stereocenters. The summed E-state index contributed by atoms with van der Waals surface area (Å²) in [6.07, 6.45) is 1.20. The molecule has 3 heteroatoms. The Kier molecular flexibility index (Phi) is 1.04. The van der Waals surface area contributed by atoms with Gasteiger partial charge in [-0.2, -0.15) is 0 Å². The standard InChI is InChI=1S/C5H3O3/c6-5(7)4-2-1-3-8-4/h2-3H,(H,6,7). The van der Waals surface area contributed by atoms with Crippen molar-refractivity contribution in [2.24, 2.45) is 0 Å². The van der Waals surface area contributed by atoms with Crippen molar-refractivity contribution in [1.29, 1.82) is 0 Å². The largest absolute Gasteiger partial charge is 0.475 e. The van der Waals surface area contributed by atoms with Gasteiger partial charge in [0.05, 0.1) is 6.26 Å². The number of rotatable bonds is 1. The predicted molar refractivity (Wildman–Crippen MR) is 24.5 cm³/mol. The van der Waals surface area contributed by atoms with Crippen LogP contribution in [0.3, 0.4) is 0 Å². The molecule has 0 aromatic carbocycles. The molecular formula is C5H3O3. The maximum atomic E-state index is 9.95. The van der Waals surface area contributed by atoms with Crippen LogP contribution in [-0.4, -0.2) is 11.1 Å². The van der Waals surface area contributed by atoms with Crippen molar-refractivity contribution in [3.8, 4) is 0 Å². The fourth-order valence-electron chi connectivity index (χ4n) is 0.353. The summed E-state index contributed by atoms with van der Waals surface area (Å²) >= 11 is 0. The van der Waals surface area contributed by atoms with E-state index in [-0.39, 0.29) is 5.76 Å². The topological polar surface area (TPSA) is 50.4 Å². The average Bonchev–Trinajstić information content (AvgIpc) is 2.12. The van der Waals surface area contributed by atoms with Crippen molar-refractivity contribution < 1.29 is 14.3 Å². The van der Waals surface area contributed by atoms with Crippen molar-refractivity contribution in [3.63, 3.8) is 0 Å². The van der Waals surface area contributed by atoms with Crippen molar-refractivity contribution in [3.05, 3.63) is 24.2 Å². The summed E-state index contributed by atoms with van der Waals surface area (Å²) in [6.45, 7) is 0. The van der Waals surface area contributed by atoms with Crippen LogP contribution >= 0.6 is 0 Å². The molecule has 1 radical (unpaired) electrons. The molecule has 0 aliphatic carbocycles. The van der Waals surface area contributed by atoms with Crippen LogP contribution in [0.1, 0.15) is 10.6 Å². The minimum absolute atomic E-state index is 0.0787. The fraction of sp³-hybridized carbons (Fsp3) is 0. The van der Waals surface area contributed by atoms with Crippen LogP contribution in [0.4, 0.5) is 0 Å². The number of carboxylic acids is 1. The summed E-state index contributed by atoms with van der Waals surface area (Å²) in [4.78, 5) is 9.95. The Hall–Kier alpha value is -1.25. The fourth-order valence-corrected chi connectivity index (χ4v) is 0.353. The van der Waals surface area contributed by atoms with E-state index in [9.17, 15) is 4.79 Å². The Morgan fingerprint density at radius 1 is 1.88 bits per heavy atom. The highest BCUT2D eigenvalue weighted by Gasteiger charge is 2.02. The van der Waals surface area contributed by atoms with Gasteiger partial charge in [0.25, 0.3) is 0 Å². The second-order valence-electron chi connectivity index (χ2n) is 1.22. The molecule has 0 unspecified atom stereocenters. The van der Waals surface area contributed by atoms with Crippen LogP contribution < -0.4 is 0 Å². The molecule has 1 aromatic rings. The second kappa shape index (κ2) is 1.69. The number of carbonyl (C=O) groups is 1. The summed E-state index contributed by atoms with van der Waals surface area (Å²) in [7, 11) is 0. The number of hydrogen-bond acceptors (Lipinski definition) is 2. The van der Waals surface area contributed by atoms with Crippen LogP contribution in [0.25, 0.3) is 0 Å². The van der Waals surface area contributed by atoms with Gasteiger partial charge in [-0.05, 0) is 6.07 Å². The lowest BCUT2D eigenvalue weighted by Crippen LogP contribution is -1.91. The number of carboxylic acid groups (broad SMARTS) is 1. The lowest BCUT2D eigenvalue weighted by atomic mass is 10.5. The summed E-state index contributed by atoms with van der Waals surface area (Å²) < 4.78 is 4.44. The lowest BCUT2D eigenvalue weighted by molar-refractivity contribution is 0.0662. The highest BCUT2D eigenvalue weighted by Crippen LogP contribution is 1.96. The molecule has 0 spiro atoms. The molecule has 0 amide bonds. The van der Waals surface area contributed by atoms with Gasteiger partial charge in [-0.25, -0.2) is 4.79 Å². The summed E-state index contributed by atoms with van der Waals surface area (Å²) in [5.41, 5.74) is 0. The molecule has 0 saturated heterocycles. The first kappa shape index (κ1) is 4.90. The van der Waals surface area contributed by atoms with E-state index in [1.165, 1.54) is 12.3 Å². The maximum Gasteiger partial charge on any atom is 0.371 e. The van der Waals surface area contributed by atoms with E-state index in [1.807, 2.05) is 0 Å². The zero-order valence-electron chi connectivity index (χ0n) is 3.92. The van der Waals surface area contributed by atoms with Gasteiger partial charge in [0.15, 0.2) is 0 Å². The van der Waals surface area contributed by atoms with Crippen LogP contribution in [0, 0.1) is 6.07 Å². The Balaban J connectivity index is 2.93. The Morgan fingerprint density at radius 3 is 2.88 bits per heavy atom. The van der Waals surface area contributed by atoms with Gasteiger partial charge < -0.3 is 9.52 Å². The first-order valence-corrected chi connectivity index (χ1v) is 1.98. The third-order valence-corrected chi connectivity index (χ3v) is 0.679. The molecule has 1 rings (SSSR count). The molecule has 41 valence electrons. The monoisotopic (exact) mass is 111 g/mol. The van der Waals surface area contributed by atoms with Gasteiger partial charge in [0.2, 0.25) is 5.76 Å². The first-order valence-electron chi connectivity index (χ1n) is 1.98. The number of aromatic carboxylic acids is 1. The van der Waals surface area contributed by atoms with Gasteiger partial charge in [0, 0.05) is 6.07 Å². The first-order chi connectivity index (χ1) is 3.80. The SMILES string of the molecule is O=C(O)c1c[c]co1. The maximum absolute atomic E-state index is 9.95. The molecule has 1 aromatic heterocycles. The quantitative estimate of drug-likeness (QED) is 0.582. The van der Waals surface area contributed by atoms with Crippen molar-refractivity contribution >= 4 is 5.97 Å². The molecule has 0 aliphatic rings. The summed E-state index contributed by atoms with van der Waals surface area (Å²) in [5, 5.41) is 8.16. The molecule has 3 nitrogen and oxygen atoms in total. The molecule has 1 heterocycles. The third kappa shape index (κ3) is 0.703. The van der Waals surface area contributed by atoms with Crippen molar-refractivity contribution in [1.82, 2.24) is 0 Å². The second-order valence-corrected chi connectivity index (χ2v) is 1.22. The summed E-state index contributed by atoms with van der Waals surface area (Å²) in [5.74, 6) is -1.14. The zero-order chi connectivity index (χ0) is 5.98. The average molecular weight is 111 g/mol. The molecule has 1 N–H and O–H groups in total. The van der Waals surface area contributed by atoms with Gasteiger partial charge >= 0.3 is 5.97 Å². The molecule has 0 aliphatic heterocycles. The predicted octanol–water partition coefficient (Wildman–Crippen LogP) is 0.778. The van der Waals surface area contributed by atoms with E-state index < -0.39 is 5.97 Å². The smallest absolute Gasteiger partial charge is 0.371 e. The Morgan fingerprint density at radius 2 is 2.62 bits per heavy atom. The van der Waals surface area contributed by atoms with Crippen LogP contribution in [0.5, 0.6) is 0 Å². The van der Waals surface area contributed by atoms with Gasteiger partial charge in [0.1, 0.15) is 0 Å². The van der Waals surface area contributed by atoms with E-state index in [0.29, 0.717) is 0 Å². The van der Waals surface area contributed by atoms with Crippen LogP contribution in [-0.2, 0) is 0 Å². The Labute approximate surface area is 45.5 Å². The minimum atomic E-state index is -1.06. The van der Waals surface area contributed by atoms with Crippen molar-refractivity contribution in [2.45, 2.75) is 0 Å². The van der Waals surface area contributed by atoms with Crippen LogP contribution in [0.15, 0.2) is 16.7 Å². The molecule has 8 heavy (non-hydrogen) atoms. The van der Waals surface area contributed by atoms with Crippen LogP contribution in [0.2, 0.25) is 0 Å². The molecule has 0 bridgehead atoms. The van der Waals surface area contributed by atoms with E-state index in [4.69, 9.17) is 5.11 Å². The number of furan rings is 1. The van der Waals surface area contributed by atoms with Gasteiger partial charge in [-0.1, -0.05) is 0 Å². The minimum Gasteiger partial charge on any atom is -0.475 e. The lowest BCUT2D eigenvalue weighted by Gasteiger charge is -1.78.